The fraction of sp³-hybridized carbons (Fsp3) is 0. The van der Waals surface area contributed by atoms with E-state index < -0.39 is 0 Å². The lowest BCUT2D eigenvalue weighted by atomic mass is 10.0. The molecular weight excluding hydrogens is 733 g/mol. The van der Waals surface area contributed by atoms with Crippen LogP contribution in [0.4, 0.5) is 0 Å². The Bertz CT molecular complexity index is 3490. The van der Waals surface area contributed by atoms with Crippen LogP contribution in [-0.4, -0.2) is 19.5 Å². The van der Waals surface area contributed by atoms with Crippen LogP contribution in [0.25, 0.3) is 117 Å². The van der Waals surface area contributed by atoms with Gasteiger partial charge in [-0.15, -0.1) is 0 Å². The molecule has 0 radical (unpaired) electrons. The molecule has 0 fully saturated rings. The summed E-state index contributed by atoms with van der Waals surface area (Å²) in [6.07, 6.45) is 0. The minimum absolute atomic E-state index is 0.593. The molecule has 0 amide bonds. The summed E-state index contributed by atoms with van der Waals surface area (Å²) in [4.78, 5) is 15.3. The summed E-state index contributed by atoms with van der Waals surface area (Å²) in [5.41, 5.74) is 12.3. The highest BCUT2D eigenvalue weighted by Crippen LogP contribution is 2.41. The Morgan fingerprint density at radius 3 is 1.57 bits per heavy atom. The minimum atomic E-state index is 0.593. The monoisotopic (exact) mass is 766 g/mol. The lowest BCUT2D eigenvalue weighted by molar-refractivity contribution is 0.668. The topological polar surface area (TPSA) is 56.7 Å². The first-order chi connectivity index (χ1) is 29.7. The largest absolute Gasteiger partial charge is 0.456 e. The van der Waals surface area contributed by atoms with E-state index in [0.29, 0.717) is 17.5 Å². The van der Waals surface area contributed by atoms with E-state index in [-0.39, 0.29) is 0 Å². The number of aromatic nitrogens is 4. The fourth-order valence-electron chi connectivity index (χ4n) is 8.73. The predicted octanol–water partition coefficient (Wildman–Crippen LogP) is 14.4. The van der Waals surface area contributed by atoms with Crippen molar-refractivity contribution in [3.63, 3.8) is 0 Å². The molecular formula is C55H34N4O. The van der Waals surface area contributed by atoms with E-state index in [1.807, 2.05) is 42.5 Å². The predicted molar refractivity (Wildman–Crippen MR) is 246 cm³/mol. The molecule has 3 aromatic heterocycles. The van der Waals surface area contributed by atoms with Gasteiger partial charge in [-0.25, -0.2) is 15.0 Å². The summed E-state index contributed by atoms with van der Waals surface area (Å²) >= 11 is 0. The van der Waals surface area contributed by atoms with Crippen LogP contribution < -0.4 is 0 Å². The van der Waals surface area contributed by atoms with Crippen molar-refractivity contribution in [2.24, 2.45) is 0 Å². The molecule has 60 heavy (non-hydrogen) atoms. The third-order valence-electron chi connectivity index (χ3n) is 11.6. The number of rotatable bonds is 6. The number of nitrogens with zero attached hydrogens (tertiary/aromatic N) is 4. The second kappa shape index (κ2) is 13.8. The van der Waals surface area contributed by atoms with Crippen LogP contribution in [0.15, 0.2) is 211 Å². The smallest absolute Gasteiger partial charge is 0.164 e. The number of hydrogen-bond acceptors (Lipinski definition) is 4. The zero-order chi connectivity index (χ0) is 39.6. The van der Waals surface area contributed by atoms with Crippen molar-refractivity contribution < 1.29 is 4.42 Å². The molecule has 280 valence electrons. The summed E-state index contributed by atoms with van der Waals surface area (Å²) in [5.74, 6) is 1.83. The molecule has 0 aliphatic heterocycles. The second-order valence-electron chi connectivity index (χ2n) is 15.2. The molecule has 0 atom stereocenters. The van der Waals surface area contributed by atoms with Gasteiger partial charge < -0.3 is 8.98 Å². The fourth-order valence-corrected chi connectivity index (χ4v) is 8.73. The van der Waals surface area contributed by atoms with Gasteiger partial charge in [0.25, 0.3) is 0 Å². The van der Waals surface area contributed by atoms with Crippen molar-refractivity contribution in [2.75, 3.05) is 0 Å². The third kappa shape index (κ3) is 5.67. The maximum absolute atomic E-state index is 6.72. The van der Waals surface area contributed by atoms with Crippen LogP contribution in [0, 0.1) is 0 Å². The molecule has 0 saturated carbocycles. The van der Waals surface area contributed by atoms with Gasteiger partial charge in [-0.1, -0.05) is 152 Å². The standard InChI is InChI=1S/C55H34N4O/c1-4-13-35(14-5-1)40-25-29-48-46(32-40)47-33-41(36-15-6-2-7-16-36)26-30-49(47)59(48)43-27-28-44-51(34-43)60-50-22-12-21-45(52(44)50)55-57-53(38-18-8-3-9-19-38)56-54(58-55)42-24-23-37-17-10-11-20-39(37)31-42/h1-34H. The highest BCUT2D eigenvalue weighted by molar-refractivity contribution is 6.14. The molecule has 0 aliphatic rings. The van der Waals surface area contributed by atoms with Crippen LogP contribution >= 0.6 is 0 Å². The summed E-state index contributed by atoms with van der Waals surface area (Å²) in [6.45, 7) is 0. The molecule has 0 aliphatic carbocycles. The first-order valence-electron chi connectivity index (χ1n) is 20.2. The lowest BCUT2D eigenvalue weighted by Gasteiger charge is -2.10. The van der Waals surface area contributed by atoms with Gasteiger partial charge in [0.15, 0.2) is 17.5 Å². The molecule has 12 rings (SSSR count). The van der Waals surface area contributed by atoms with E-state index >= 15 is 0 Å². The summed E-state index contributed by atoms with van der Waals surface area (Å²) < 4.78 is 9.08. The third-order valence-corrected chi connectivity index (χ3v) is 11.6. The molecule has 12 aromatic rings. The van der Waals surface area contributed by atoms with Crippen molar-refractivity contribution in [1.82, 2.24) is 19.5 Å². The van der Waals surface area contributed by atoms with Gasteiger partial charge in [-0.2, -0.15) is 0 Å². The Morgan fingerprint density at radius 1 is 0.333 bits per heavy atom. The summed E-state index contributed by atoms with van der Waals surface area (Å²) in [6, 6.07) is 72.3. The first-order valence-corrected chi connectivity index (χ1v) is 20.2. The Hall–Kier alpha value is -8.15. The van der Waals surface area contributed by atoms with E-state index in [9.17, 15) is 0 Å². The quantitative estimate of drug-likeness (QED) is 0.169. The molecule has 0 bridgehead atoms. The van der Waals surface area contributed by atoms with Crippen LogP contribution in [0.1, 0.15) is 0 Å². The van der Waals surface area contributed by atoms with Gasteiger partial charge in [0.05, 0.1) is 11.0 Å². The molecule has 0 unspecified atom stereocenters. The molecule has 0 N–H and O–H groups in total. The Balaban J connectivity index is 1.04. The van der Waals surface area contributed by atoms with E-state index in [1.54, 1.807) is 0 Å². The van der Waals surface area contributed by atoms with Gasteiger partial charge in [-0.05, 0) is 81.6 Å². The second-order valence-corrected chi connectivity index (χ2v) is 15.2. The van der Waals surface area contributed by atoms with E-state index in [2.05, 4.69) is 168 Å². The molecule has 5 heteroatoms. The van der Waals surface area contributed by atoms with Crippen LogP contribution in [0.3, 0.4) is 0 Å². The van der Waals surface area contributed by atoms with Crippen molar-refractivity contribution in [2.45, 2.75) is 0 Å². The molecule has 5 nitrogen and oxygen atoms in total. The number of benzene rings is 9. The average molecular weight is 767 g/mol. The highest BCUT2D eigenvalue weighted by Gasteiger charge is 2.20. The Labute approximate surface area is 345 Å². The molecule has 9 aromatic carbocycles. The van der Waals surface area contributed by atoms with Gasteiger partial charge in [-0.3, -0.25) is 0 Å². The first kappa shape index (κ1) is 33.9. The van der Waals surface area contributed by atoms with E-state index in [0.717, 1.165) is 60.7 Å². The molecule has 0 saturated heterocycles. The van der Waals surface area contributed by atoms with Crippen molar-refractivity contribution >= 4 is 54.5 Å². The zero-order valence-corrected chi connectivity index (χ0v) is 32.3. The normalized spacial score (nSPS) is 11.7. The molecule has 0 spiro atoms. The Kier molecular flexibility index (Phi) is 7.78. The van der Waals surface area contributed by atoms with Crippen molar-refractivity contribution in [3.05, 3.63) is 206 Å². The molecule has 3 heterocycles. The summed E-state index contributed by atoms with van der Waals surface area (Å²) in [5, 5.41) is 6.66. The maximum atomic E-state index is 6.72. The van der Waals surface area contributed by atoms with Crippen molar-refractivity contribution in [3.8, 4) is 62.1 Å². The number of furan rings is 1. The minimum Gasteiger partial charge on any atom is -0.456 e. The van der Waals surface area contributed by atoms with Crippen LogP contribution in [-0.2, 0) is 0 Å². The van der Waals surface area contributed by atoms with Gasteiger partial charge >= 0.3 is 0 Å². The lowest BCUT2D eigenvalue weighted by Crippen LogP contribution is -2.00. The van der Waals surface area contributed by atoms with Crippen molar-refractivity contribution in [1.29, 1.82) is 0 Å². The van der Waals surface area contributed by atoms with Gasteiger partial charge in [0.2, 0.25) is 0 Å². The average Bonchev–Trinajstić information content (AvgIpc) is 3.86. The SMILES string of the molecule is c1ccc(-c2ccc3c(c2)c2cc(-c4ccccc4)ccc2n3-c2ccc3c(c2)oc2cccc(-c4nc(-c5ccccc5)nc(-c5ccc6ccccc6c5)n4)c23)cc1. The van der Waals surface area contributed by atoms with Gasteiger partial charge in [0, 0.05) is 50.0 Å². The van der Waals surface area contributed by atoms with E-state index in [1.165, 1.54) is 38.4 Å². The number of hydrogen-bond donors (Lipinski definition) is 0. The summed E-state index contributed by atoms with van der Waals surface area (Å²) in [7, 11) is 0. The Morgan fingerprint density at radius 2 is 0.900 bits per heavy atom. The highest BCUT2D eigenvalue weighted by atomic mass is 16.3. The maximum Gasteiger partial charge on any atom is 0.164 e. The number of fused-ring (bicyclic) bond motifs is 7. The van der Waals surface area contributed by atoms with E-state index in [4.69, 9.17) is 19.4 Å². The van der Waals surface area contributed by atoms with Crippen LogP contribution in [0.5, 0.6) is 0 Å². The zero-order valence-electron chi connectivity index (χ0n) is 32.3. The van der Waals surface area contributed by atoms with Crippen LogP contribution in [0.2, 0.25) is 0 Å². The van der Waals surface area contributed by atoms with Gasteiger partial charge in [0.1, 0.15) is 11.2 Å².